The third-order valence-corrected chi connectivity index (χ3v) is 2.96. The molecule has 0 saturated heterocycles. The maximum atomic E-state index is 5.64. The minimum atomic E-state index is -0.0734. The summed E-state index contributed by atoms with van der Waals surface area (Å²) >= 11 is 0. The first-order chi connectivity index (χ1) is 6.33. The Bertz CT molecular complexity index is 285. The van der Waals surface area contributed by atoms with E-state index in [1.54, 1.807) is 7.11 Å². The van der Waals surface area contributed by atoms with Gasteiger partial charge in [0.05, 0.1) is 5.60 Å². The summed E-state index contributed by atoms with van der Waals surface area (Å²) in [5.41, 5.74) is 6.83. The van der Waals surface area contributed by atoms with Crippen molar-refractivity contribution in [1.29, 1.82) is 0 Å². The van der Waals surface area contributed by atoms with Crippen LogP contribution in [0, 0.1) is 5.92 Å². The van der Waals surface area contributed by atoms with E-state index in [-0.39, 0.29) is 5.60 Å². The van der Waals surface area contributed by atoms with Crippen LogP contribution in [0.1, 0.15) is 12.0 Å². The largest absolute Gasteiger partial charge is 0.373 e. The van der Waals surface area contributed by atoms with Crippen molar-refractivity contribution < 1.29 is 4.74 Å². The number of hydrogen-bond donors (Lipinski definition) is 1. The predicted molar refractivity (Wildman–Crippen MR) is 52.3 cm³/mol. The molecule has 2 rings (SSSR count). The lowest BCUT2D eigenvalue weighted by Crippen LogP contribution is -2.17. The van der Waals surface area contributed by atoms with Crippen molar-refractivity contribution in [2.45, 2.75) is 12.0 Å². The SMILES string of the molecule is CO[C@@]1(c2ccccc2)C[C@H]1CN. The highest BCUT2D eigenvalue weighted by atomic mass is 16.5. The molecule has 13 heavy (non-hydrogen) atoms. The van der Waals surface area contributed by atoms with Crippen LogP contribution in [0.25, 0.3) is 0 Å². The fourth-order valence-corrected chi connectivity index (χ4v) is 2.02. The first kappa shape index (κ1) is 8.73. The maximum Gasteiger partial charge on any atom is 0.0973 e. The summed E-state index contributed by atoms with van der Waals surface area (Å²) in [6, 6.07) is 10.3. The molecule has 0 aliphatic heterocycles. The first-order valence-electron chi connectivity index (χ1n) is 4.64. The molecule has 0 radical (unpaired) electrons. The summed E-state index contributed by atoms with van der Waals surface area (Å²) in [5, 5.41) is 0. The van der Waals surface area contributed by atoms with Crippen LogP contribution in [0.4, 0.5) is 0 Å². The Hall–Kier alpha value is -0.860. The lowest BCUT2D eigenvalue weighted by atomic mass is 10.1. The Kier molecular flexibility index (Phi) is 2.10. The van der Waals surface area contributed by atoms with E-state index in [2.05, 4.69) is 12.1 Å². The second kappa shape index (κ2) is 3.13. The van der Waals surface area contributed by atoms with Gasteiger partial charge < -0.3 is 10.5 Å². The molecule has 1 saturated carbocycles. The highest BCUT2D eigenvalue weighted by molar-refractivity contribution is 5.30. The Labute approximate surface area is 78.7 Å². The molecule has 0 spiro atoms. The summed E-state index contributed by atoms with van der Waals surface area (Å²) in [5.74, 6) is 0.500. The molecule has 1 fully saturated rings. The molecule has 0 unspecified atom stereocenters. The summed E-state index contributed by atoms with van der Waals surface area (Å²) in [4.78, 5) is 0. The topological polar surface area (TPSA) is 35.2 Å². The van der Waals surface area contributed by atoms with Crippen LogP contribution in [0.2, 0.25) is 0 Å². The smallest absolute Gasteiger partial charge is 0.0973 e. The van der Waals surface area contributed by atoms with Gasteiger partial charge in [-0.3, -0.25) is 0 Å². The Morgan fingerprint density at radius 1 is 1.46 bits per heavy atom. The van der Waals surface area contributed by atoms with Crippen molar-refractivity contribution in [2.24, 2.45) is 11.7 Å². The van der Waals surface area contributed by atoms with Crippen molar-refractivity contribution in [2.75, 3.05) is 13.7 Å². The van der Waals surface area contributed by atoms with E-state index in [0.717, 1.165) is 6.42 Å². The maximum absolute atomic E-state index is 5.64. The molecule has 0 amide bonds. The molecule has 2 nitrogen and oxygen atoms in total. The fraction of sp³-hybridized carbons (Fsp3) is 0.455. The molecule has 2 N–H and O–H groups in total. The molecule has 70 valence electrons. The molecule has 2 heteroatoms. The van der Waals surface area contributed by atoms with Crippen LogP contribution >= 0.6 is 0 Å². The molecule has 2 atom stereocenters. The van der Waals surface area contributed by atoms with Gasteiger partial charge in [0.1, 0.15) is 0 Å². The standard InChI is InChI=1S/C11H15NO/c1-13-11(7-10(11)8-12)9-5-3-2-4-6-9/h2-6,10H,7-8,12H2,1H3/t10-,11+/m0/s1. The third kappa shape index (κ3) is 1.26. The van der Waals surface area contributed by atoms with E-state index < -0.39 is 0 Å². The van der Waals surface area contributed by atoms with Gasteiger partial charge >= 0.3 is 0 Å². The quantitative estimate of drug-likeness (QED) is 0.759. The van der Waals surface area contributed by atoms with E-state index >= 15 is 0 Å². The normalized spacial score (nSPS) is 31.7. The van der Waals surface area contributed by atoms with Gasteiger partial charge in [-0.2, -0.15) is 0 Å². The van der Waals surface area contributed by atoms with Crippen LogP contribution in [-0.4, -0.2) is 13.7 Å². The van der Waals surface area contributed by atoms with E-state index in [1.807, 2.05) is 18.2 Å². The van der Waals surface area contributed by atoms with Gasteiger partial charge in [-0.05, 0) is 18.5 Å². The minimum Gasteiger partial charge on any atom is -0.373 e. The lowest BCUT2D eigenvalue weighted by molar-refractivity contribution is 0.0645. The summed E-state index contributed by atoms with van der Waals surface area (Å²) in [6.45, 7) is 0.711. The summed E-state index contributed by atoms with van der Waals surface area (Å²) in [7, 11) is 1.77. The van der Waals surface area contributed by atoms with Crippen molar-refractivity contribution in [3.05, 3.63) is 35.9 Å². The number of ether oxygens (including phenoxy) is 1. The Morgan fingerprint density at radius 2 is 2.15 bits per heavy atom. The predicted octanol–water partition coefficient (Wildman–Crippen LogP) is 1.51. The Balaban J connectivity index is 2.25. The summed E-state index contributed by atoms with van der Waals surface area (Å²) < 4.78 is 5.56. The molecular weight excluding hydrogens is 162 g/mol. The second-order valence-corrected chi connectivity index (χ2v) is 3.60. The monoisotopic (exact) mass is 177 g/mol. The third-order valence-electron chi connectivity index (χ3n) is 2.96. The van der Waals surface area contributed by atoms with Gasteiger partial charge in [-0.1, -0.05) is 30.3 Å². The molecule has 0 heterocycles. The average Bonchev–Trinajstić information content (AvgIpc) is 2.94. The molecule has 1 aliphatic carbocycles. The number of benzene rings is 1. The fourth-order valence-electron chi connectivity index (χ4n) is 2.02. The molecular formula is C11H15NO. The summed E-state index contributed by atoms with van der Waals surface area (Å²) in [6.07, 6.45) is 1.06. The zero-order valence-electron chi connectivity index (χ0n) is 7.86. The zero-order valence-corrected chi connectivity index (χ0v) is 7.86. The van der Waals surface area contributed by atoms with Crippen molar-refractivity contribution in [3.8, 4) is 0 Å². The molecule has 1 aromatic carbocycles. The van der Waals surface area contributed by atoms with E-state index in [1.165, 1.54) is 5.56 Å². The number of rotatable bonds is 3. The average molecular weight is 177 g/mol. The van der Waals surface area contributed by atoms with Gasteiger partial charge in [0.2, 0.25) is 0 Å². The Morgan fingerprint density at radius 3 is 2.62 bits per heavy atom. The zero-order chi connectivity index (χ0) is 9.31. The van der Waals surface area contributed by atoms with Gasteiger partial charge in [-0.25, -0.2) is 0 Å². The lowest BCUT2D eigenvalue weighted by Gasteiger charge is -2.15. The van der Waals surface area contributed by atoms with Crippen LogP contribution in [0.3, 0.4) is 0 Å². The van der Waals surface area contributed by atoms with Crippen molar-refractivity contribution in [1.82, 2.24) is 0 Å². The van der Waals surface area contributed by atoms with E-state index in [9.17, 15) is 0 Å². The second-order valence-electron chi connectivity index (χ2n) is 3.60. The van der Waals surface area contributed by atoms with Crippen LogP contribution < -0.4 is 5.73 Å². The van der Waals surface area contributed by atoms with Crippen LogP contribution in [-0.2, 0) is 10.3 Å². The van der Waals surface area contributed by atoms with Gasteiger partial charge in [0.25, 0.3) is 0 Å². The molecule has 0 bridgehead atoms. The highest BCUT2D eigenvalue weighted by Gasteiger charge is 2.55. The molecule has 1 aliphatic rings. The van der Waals surface area contributed by atoms with Crippen LogP contribution in [0.5, 0.6) is 0 Å². The van der Waals surface area contributed by atoms with Crippen LogP contribution in [0.15, 0.2) is 30.3 Å². The number of methoxy groups -OCH3 is 1. The van der Waals surface area contributed by atoms with E-state index in [4.69, 9.17) is 10.5 Å². The van der Waals surface area contributed by atoms with Gasteiger partial charge in [-0.15, -0.1) is 0 Å². The highest BCUT2D eigenvalue weighted by Crippen LogP contribution is 2.53. The molecule has 0 aromatic heterocycles. The number of nitrogens with two attached hydrogens (primary N) is 1. The molecule has 1 aromatic rings. The van der Waals surface area contributed by atoms with Gasteiger partial charge in [0, 0.05) is 13.0 Å². The van der Waals surface area contributed by atoms with Crippen molar-refractivity contribution in [3.63, 3.8) is 0 Å². The van der Waals surface area contributed by atoms with E-state index in [0.29, 0.717) is 12.5 Å². The van der Waals surface area contributed by atoms with Gasteiger partial charge in [0.15, 0.2) is 0 Å². The minimum absolute atomic E-state index is 0.0734. The van der Waals surface area contributed by atoms with Crippen molar-refractivity contribution >= 4 is 0 Å². The number of hydrogen-bond acceptors (Lipinski definition) is 2. The first-order valence-corrected chi connectivity index (χ1v) is 4.64.